The average Bonchev–Trinajstić information content (AvgIpc) is 2.36. The summed E-state index contributed by atoms with van der Waals surface area (Å²) >= 11 is 1.57. The van der Waals surface area contributed by atoms with Gasteiger partial charge in [0, 0.05) is 6.04 Å². The van der Waals surface area contributed by atoms with Crippen LogP contribution < -0.4 is 5.73 Å². The molecule has 0 bridgehead atoms. The highest BCUT2D eigenvalue weighted by Crippen LogP contribution is 2.17. The third-order valence-corrected chi connectivity index (χ3v) is 2.08. The Hall–Kier alpha value is -0.380. The minimum absolute atomic E-state index is 0.186. The predicted octanol–water partition coefficient (Wildman–Crippen LogP) is 1.13. The number of rotatable bonds is 2. The molecule has 0 aliphatic heterocycles. The number of hydrogen-bond acceptors (Lipinski definition) is 3. The average molecular weight is 157 g/mol. The van der Waals surface area contributed by atoms with Crippen molar-refractivity contribution in [2.75, 3.05) is 0 Å². The zero-order valence-electron chi connectivity index (χ0n) is 5.82. The van der Waals surface area contributed by atoms with Crippen molar-refractivity contribution in [3.8, 4) is 0 Å². The number of aliphatic hydroxyl groups is 1. The van der Waals surface area contributed by atoms with Gasteiger partial charge in [0.1, 0.15) is 0 Å². The maximum Gasteiger partial charge on any atom is 0.0946 e. The smallest absolute Gasteiger partial charge is 0.0946 e. The van der Waals surface area contributed by atoms with E-state index < -0.39 is 6.10 Å². The number of hydrogen-bond donors (Lipinski definition) is 2. The summed E-state index contributed by atoms with van der Waals surface area (Å²) in [5.74, 6) is 0. The maximum atomic E-state index is 9.37. The van der Waals surface area contributed by atoms with E-state index in [4.69, 9.17) is 5.73 Å². The molecular formula is C7H11NOS. The van der Waals surface area contributed by atoms with E-state index in [0.29, 0.717) is 0 Å². The van der Waals surface area contributed by atoms with Crippen LogP contribution in [0.1, 0.15) is 18.6 Å². The van der Waals surface area contributed by atoms with Crippen LogP contribution >= 0.6 is 11.3 Å². The van der Waals surface area contributed by atoms with Gasteiger partial charge < -0.3 is 10.8 Å². The van der Waals surface area contributed by atoms with Crippen LogP contribution in [0.2, 0.25) is 0 Å². The Labute approximate surface area is 64.3 Å². The lowest BCUT2D eigenvalue weighted by atomic mass is 10.1. The standard InChI is InChI=1S/C7H11NOS/c1-5(8)7(9)6-2-3-10-4-6/h2-5,7,9H,8H2,1H3. The zero-order valence-corrected chi connectivity index (χ0v) is 6.64. The van der Waals surface area contributed by atoms with Gasteiger partial charge in [-0.15, -0.1) is 0 Å². The highest BCUT2D eigenvalue weighted by Gasteiger charge is 2.11. The van der Waals surface area contributed by atoms with Crippen molar-refractivity contribution in [2.24, 2.45) is 5.73 Å². The molecule has 2 unspecified atom stereocenters. The topological polar surface area (TPSA) is 46.2 Å². The second-order valence-electron chi connectivity index (χ2n) is 2.36. The number of thiophene rings is 1. The van der Waals surface area contributed by atoms with Gasteiger partial charge in [-0.1, -0.05) is 0 Å². The Bertz CT molecular complexity index is 183. The molecule has 0 radical (unpaired) electrons. The van der Waals surface area contributed by atoms with Crippen LogP contribution in [-0.2, 0) is 0 Å². The maximum absolute atomic E-state index is 9.37. The van der Waals surface area contributed by atoms with Gasteiger partial charge in [0.15, 0.2) is 0 Å². The van der Waals surface area contributed by atoms with Crippen molar-refractivity contribution in [3.05, 3.63) is 22.4 Å². The molecule has 0 amide bonds. The molecule has 1 rings (SSSR count). The van der Waals surface area contributed by atoms with Crippen LogP contribution in [0, 0.1) is 0 Å². The van der Waals surface area contributed by atoms with E-state index >= 15 is 0 Å². The summed E-state index contributed by atoms with van der Waals surface area (Å²) in [5.41, 5.74) is 6.40. The fourth-order valence-electron chi connectivity index (χ4n) is 0.747. The van der Waals surface area contributed by atoms with Crippen LogP contribution in [0.25, 0.3) is 0 Å². The van der Waals surface area contributed by atoms with Crippen molar-refractivity contribution in [1.82, 2.24) is 0 Å². The molecule has 0 saturated carbocycles. The third kappa shape index (κ3) is 1.56. The quantitative estimate of drug-likeness (QED) is 0.676. The molecule has 1 aromatic rings. The van der Waals surface area contributed by atoms with Crippen molar-refractivity contribution in [1.29, 1.82) is 0 Å². The largest absolute Gasteiger partial charge is 0.387 e. The molecule has 0 aliphatic carbocycles. The first-order chi connectivity index (χ1) is 4.72. The Morgan fingerprint density at radius 3 is 2.80 bits per heavy atom. The summed E-state index contributed by atoms with van der Waals surface area (Å²) in [4.78, 5) is 0. The SMILES string of the molecule is CC(N)C(O)c1ccsc1. The normalized spacial score (nSPS) is 16.7. The van der Waals surface area contributed by atoms with Gasteiger partial charge >= 0.3 is 0 Å². The summed E-state index contributed by atoms with van der Waals surface area (Å²) in [6.07, 6.45) is -0.508. The van der Waals surface area contributed by atoms with Gasteiger partial charge in [-0.3, -0.25) is 0 Å². The van der Waals surface area contributed by atoms with Crippen LogP contribution in [0.3, 0.4) is 0 Å². The van der Waals surface area contributed by atoms with E-state index in [0.717, 1.165) is 5.56 Å². The lowest BCUT2D eigenvalue weighted by Gasteiger charge is -2.11. The fraction of sp³-hybridized carbons (Fsp3) is 0.429. The first-order valence-corrected chi connectivity index (χ1v) is 4.12. The molecule has 10 heavy (non-hydrogen) atoms. The highest BCUT2D eigenvalue weighted by atomic mass is 32.1. The Morgan fingerprint density at radius 1 is 1.70 bits per heavy atom. The minimum atomic E-state index is -0.508. The molecule has 1 heterocycles. The van der Waals surface area contributed by atoms with Crippen molar-refractivity contribution < 1.29 is 5.11 Å². The second kappa shape index (κ2) is 3.14. The number of aliphatic hydroxyl groups excluding tert-OH is 1. The summed E-state index contributed by atoms with van der Waals surface area (Å²) < 4.78 is 0. The molecule has 3 heteroatoms. The minimum Gasteiger partial charge on any atom is -0.387 e. The van der Waals surface area contributed by atoms with E-state index in [2.05, 4.69) is 0 Å². The van der Waals surface area contributed by atoms with Crippen molar-refractivity contribution in [2.45, 2.75) is 19.1 Å². The molecule has 3 N–H and O–H groups in total. The van der Waals surface area contributed by atoms with Crippen LogP contribution in [0.15, 0.2) is 16.8 Å². The molecule has 0 spiro atoms. The zero-order chi connectivity index (χ0) is 7.56. The van der Waals surface area contributed by atoms with Gasteiger partial charge in [-0.05, 0) is 29.3 Å². The van der Waals surface area contributed by atoms with Gasteiger partial charge in [0.2, 0.25) is 0 Å². The summed E-state index contributed by atoms with van der Waals surface area (Å²) in [7, 11) is 0. The first kappa shape index (κ1) is 7.72. The van der Waals surface area contributed by atoms with Crippen molar-refractivity contribution >= 4 is 11.3 Å². The van der Waals surface area contributed by atoms with Crippen LogP contribution in [0.4, 0.5) is 0 Å². The summed E-state index contributed by atoms with van der Waals surface area (Å²) in [6.45, 7) is 1.79. The van der Waals surface area contributed by atoms with Crippen molar-refractivity contribution in [3.63, 3.8) is 0 Å². The summed E-state index contributed by atoms with van der Waals surface area (Å²) in [6, 6.07) is 1.70. The molecular weight excluding hydrogens is 146 g/mol. The second-order valence-corrected chi connectivity index (χ2v) is 3.14. The van der Waals surface area contributed by atoms with Gasteiger partial charge in [0.25, 0.3) is 0 Å². The predicted molar refractivity (Wildman–Crippen MR) is 42.9 cm³/mol. The van der Waals surface area contributed by atoms with E-state index in [1.165, 1.54) is 0 Å². The van der Waals surface area contributed by atoms with Crippen LogP contribution in [-0.4, -0.2) is 11.1 Å². The molecule has 56 valence electrons. The third-order valence-electron chi connectivity index (χ3n) is 1.38. The van der Waals surface area contributed by atoms with Crippen LogP contribution in [0.5, 0.6) is 0 Å². The molecule has 0 saturated heterocycles. The number of nitrogens with two attached hydrogens (primary N) is 1. The van der Waals surface area contributed by atoms with E-state index in [-0.39, 0.29) is 6.04 Å². The molecule has 0 aromatic carbocycles. The summed E-state index contributed by atoms with van der Waals surface area (Å²) in [5, 5.41) is 13.2. The Kier molecular flexibility index (Phi) is 2.43. The first-order valence-electron chi connectivity index (χ1n) is 3.17. The lowest BCUT2D eigenvalue weighted by Crippen LogP contribution is -2.23. The molecule has 0 aliphatic rings. The Morgan fingerprint density at radius 2 is 2.40 bits per heavy atom. The van der Waals surface area contributed by atoms with E-state index in [1.807, 2.05) is 16.8 Å². The monoisotopic (exact) mass is 157 g/mol. The molecule has 2 atom stereocenters. The molecule has 1 aromatic heterocycles. The molecule has 0 fully saturated rings. The van der Waals surface area contributed by atoms with E-state index in [1.54, 1.807) is 18.3 Å². The molecule has 2 nitrogen and oxygen atoms in total. The van der Waals surface area contributed by atoms with Gasteiger partial charge in [0.05, 0.1) is 6.10 Å². The van der Waals surface area contributed by atoms with Gasteiger partial charge in [-0.2, -0.15) is 11.3 Å². The fourth-order valence-corrected chi connectivity index (χ4v) is 1.44. The van der Waals surface area contributed by atoms with E-state index in [9.17, 15) is 5.11 Å². The Balaban J connectivity index is 2.68. The van der Waals surface area contributed by atoms with Gasteiger partial charge in [-0.25, -0.2) is 0 Å². The highest BCUT2D eigenvalue weighted by molar-refractivity contribution is 7.07. The lowest BCUT2D eigenvalue weighted by molar-refractivity contribution is 0.154.